The van der Waals surface area contributed by atoms with Crippen molar-refractivity contribution in [1.82, 2.24) is 9.88 Å². The average molecular weight is 274 g/mol. The maximum atomic E-state index is 12.5. The fraction of sp³-hybridized carbons (Fsp3) is 0.400. The molecule has 106 valence electrons. The summed E-state index contributed by atoms with van der Waals surface area (Å²) in [4.78, 5) is 28.9. The van der Waals surface area contributed by atoms with Crippen molar-refractivity contribution in [1.29, 1.82) is 0 Å². The van der Waals surface area contributed by atoms with Crippen molar-refractivity contribution < 1.29 is 14.7 Å². The number of carbonyl (C=O) groups is 2. The third-order valence-electron chi connectivity index (χ3n) is 3.53. The summed E-state index contributed by atoms with van der Waals surface area (Å²) < 4.78 is 0. The van der Waals surface area contributed by atoms with Crippen LogP contribution in [0.5, 0.6) is 0 Å². The van der Waals surface area contributed by atoms with Gasteiger partial charge in [-0.05, 0) is 37.0 Å². The van der Waals surface area contributed by atoms with Gasteiger partial charge in [0.15, 0.2) is 0 Å². The molecule has 0 spiro atoms. The molecule has 2 heterocycles. The summed E-state index contributed by atoms with van der Waals surface area (Å²) >= 11 is 0. The van der Waals surface area contributed by atoms with Crippen molar-refractivity contribution in [3.63, 3.8) is 0 Å². The molecular formula is C15H18N2O3. The second-order valence-electron chi connectivity index (χ2n) is 4.88. The van der Waals surface area contributed by atoms with E-state index in [9.17, 15) is 9.59 Å². The smallest absolute Gasteiger partial charge is 0.328 e. The lowest BCUT2D eigenvalue weighted by Gasteiger charge is -2.23. The van der Waals surface area contributed by atoms with Crippen molar-refractivity contribution in [2.24, 2.45) is 0 Å². The molecule has 20 heavy (non-hydrogen) atoms. The van der Waals surface area contributed by atoms with E-state index in [4.69, 9.17) is 5.11 Å². The predicted molar refractivity (Wildman–Crippen MR) is 75.3 cm³/mol. The molecular weight excluding hydrogens is 256 g/mol. The van der Waals surface area contributed by atoms with Gasteiger partial charge in [0.05, 0.1) is 5.56 Å². The monoisotopic (exact) mass is 274 g/mol. The quantitative estimate of drug-likeness (QED) is 0.854. The Labute approximate surface area is 117 Å². The minimum Gasteiger partial charge on any atom is -0.478 e. The minimum absolute atomic E-state index is 0.0209. The molecule has 1 unspecified atom stereocenters. The Kier molecular flexibility index (Phi) is 4.50. The Morgan fingerprint density at radius 2 is 2.30 bits per heavy atom. The summed E-state index contributed by atoms with van der Waals surface area (Å²) in [5.41, 5.74) is 1.13. The van der Waals surface area contributed by atoms with E-state index in [0.717, 1.165) is 31.9 Å². The van der Waals surface area contributed by atoms with Crippen LogP contribution < -0.4 is 0 Å². The molecule has 1 N–H and O–H groups in total. The summed E-state index contributed by atoms with van der Waals surface area (Å²) in [7, 11) is 0. The largest absolute Gasteiger partial charge is 0.478 e. The number of carboxylic acids is 1. The number of amides is 1. The molecule has 1 aliphatic heterocycles. The normalized spacial score (nSPS) is 18.6. The molecule has 1 fully saturated rings. The molecule has 0 aromatic carbocycles. The van der Waals surface area contributed by atoms with Crippen LogP contribution in [0.3, 0.4) is 0 Å². The van der Waals surface area contributed by atoms with Crippen LogP contribution in [0.4, 0.5) is 0 Å². The third kappa shape index (κ3) is 3.23. The molecule has 2 rings (SSSR count). The number of nitrogens with zero attached hydrogens (tertiary/aromatic N) is 2. The SMILES string of the molecule is CCC1CCCN1C(=O)c1cncc(C=CC(=O)O)c1. The first-order valence-corrected chi connectivity index (χ1v) is 6.79. The van der Waals surface area contributed by atoms with Gasteiger partial charge in [-0.2, -0.15) is 0 Å². The Morgan fingerprint density at radius 3 is 3.00 bits per heavy atom. The number of hydrogen-bond acceptors (Lipinski definition) is 3. The third-order valence-corrected chi connectivity index (χ3v) is 3.53. The average Bonchev–Trinajstić information content (AvgIpc) is 2.93. The second kappa shape index (κ2) is 6.32. The van der Waals surface area contributed by atoms with E-state index in [2.05, 4.69) is 11.9 Å². The van der Waals surface area contributed by atoms with E-state index in [1.807, 2.05) is 4.90 Å². The molecule has 1 saturated heterocycles. The predicted octanol–water partition coefficient (Wildman–Crippen LogP) is 2.19. The molecule has 5 heteroatoms. The van der Waals surface area contributed by atoms with Crippen molar-refractivity contribution in [2.75, 3.05) is 6.54 Å². The van der Waals surface area contributed by atoms with Gasteiger partial charge in [-0.15, -0.1) is 0 Å². The fourth-order valence-corrected chi connectivity index (χ4v) is 2.53. The molecule has 0 aliphatic carbocycles. The number of aliphatic carboxylic acids is 1. The Bertz CT molecular complexity index is 540. The van der Waals surface area contributed by atoms with Crippen LogP contribution in [-0.2, 0) is 4.79 Å². The van der Waals surface area contributed by atoms with Crippen molar-refractivity contribution >= 4 is 18.0 Å². The Balaban J connectivity index is 2.18. The number of hydrogen-bond donors (Lipinski definition) is 1. The molecule has 0 radical (unpaired) electrons. The number of likely N-dealkylation sites (tertiary alicyclic amines) is 1. The van der Waals surface area contributed by atoms with Crippen molar-refractivity contribution in [3.05, 3.63) is 35.7 Å². The molecule has 1 aromatic rings. The Hall–Kier alpha value is -2.17. The lowest BCUT2D eigenvalue weighted by Crippen LogP contribution is -2.35. The molecule has 5 nitrogen and oxygen atoms in total. The first kappa shape index (κ1) is 14.2. The van der Waals surface area contributed by atoms with E-state index in [1.54, 1.807) is 6.07 Å². The number of aromatic nitrogens is 1. The first-order valence-electron chi connectivity index (χ1n) is 6.79. The van der Waals surface area contributed by atoms with Gasteiger partial charge in [0, 0.05) is 31.1 Å². The number of pyridine rings is 1. The van der Waals surface area contributed by atoms with Crippen LogP contribution >= 0.6 is 0 Å². The van der Waals surface area contributed by atoms with Crippen LogP contribution in [0.1, 0.15) is 42.1 Å². The van der Waals surface area contributed by atoms with Gasteiger partial charge in [-0.1, -0.05) is 6.92 Å². The van der Waals surface area contributed by atoms with E-state index in [1.165, 1.54) is 18.5 Å². The highest BCUT2D eigenvalue weighted by Crippen LogP contribution is 2.22. The van der Waals surface area contributed by atoms with Crippen LogP contribution in [0.25, 0.3) is 6.08 Å². The topological polar surface area (TPSA) is 70.5 Å². The van der Waals surface area contributed by atoms with Gasteiger partial charge >= 0.3 is 5.97 Å². The molecule has 0 bridgehead atoms. The number of rotatable bonds is 4. The fourth-order valence-electron chi connectivity index (χ4n) is 2.53. The van der Waals surface area contributed by atoms with E-state index >= 15 is 0 Å². The highest BCUT2D eigenvalue weighted by atomic mass is 16.4. The zero-order chi connectivity index (χ0) is 14.5. The second-order valence-corrected chi connectivity index (χ2v) is 4.88. The van der Waals surface area contributed by atoms with E-state index in [-0.39, 0.29) is 5.91 Å². The van der Waals surface area contributed by atoms with Crippen LogP contribution in [0.15, 0.2) is 24.5 Å². The van der Waals surface area contributed by atoms with Gasteiger partial charge in [-0.3, -0.25) is 9.78 Å². The van der Waals surface area contributed by atoms with Gasteiger partial charge in [0.25, 0.3) is 5.91 Å². The standard InChI is InChI=1S/C15H18N2O3/c1-2-13-4-3-7-17(13)15(20)12-8-11(9-16-10-12)5-6-14(18)19/h5-6,8-10,13H,2-4,7H2,1H3,(H,18,19). The van der Waals surface area contributed by atoms with Gasteiger partial charge in [0.2, 0.25) is 0 Å². The zero-order valence-corrected chi connectivity index (χ0v) is 11.5. The van der Waals surface area contributed by atoms with Gasteiger partial charge in [-0.25, -0.2) is 4.79 Å². The highest BCUT2D eigenvalue weighted by Gasteiger charge is 2.28. The lowest BCUT2D eigenvalue weighted by molar-refractivity contribution is -0.131. The summed E-state index contributed by atoms with van der Waals surface area (Å²) in [6.07, 6.45) is 8.59. The molecule has 1 aromatic heterocycles. The number of carbonyl (C=O) groups excluding carboxylic acids is 1. The van der Waals surface area contributed by atoms with E-state index < -0.39 is 5.97 Å². The van der Waals surface area contributed by atoms with Gasteiger partial charge in [0.1, 0.15) is 0 Å². The van der Waals surface area contributed by atoms with Crippen LogP contribution in [-0.4, -0.2) is 39.5 Å². The molecule has 1 amide bonds. The molecule has 0 saturated carbocycles. The summed E-state index contributed by atoms with van der Waals surface area (Å²) in [5, 5.41) is 8.61. The lowest BCUT2D eigenvalue weighted by atomic mass is 10.1. The van der Waals surface area contributed by atoms with Crippen LogP contribution in [0.2, 0.25) is 0 Å². The Morgan fingerprint density at radius 1 is 1.50 bits per heavy atom. The maximum Gasteiger partial charge on any atom is 0.328 e. The maximum absolute atomic E-state index is 12.5. The molecule has 1 atom stereocenters. The summed E-state index contributed by atoms with van der Waals surface area (Å²) in [6.45, 7) is 2.87. The summed E-state index contributed by atoms with van der Waals surface area (Å²) in [6, 6.07) is 1.99. The highest BCUT2D eigenvalue weighted by molar-refractivity contribution is 5.95. The van der Waals surface area contributed by atoms with E-state index in [0.29, 0.717) is 17.2 Å². The van der Waals surface area contributed by atoms with Crippen molar-refractivity contribution in [3.8, 4) is 0 Å². The zero-order valence-electron chi connectivity index (χ0n) is 11.5. The van der Waals surface area contributed by atoms with Crippen molar-refractivity contribution in [2.45, 2.75) is 32.2 Å². The first-order chi connectivity index (χ1) is 9.61. The minimum atomic E-state index is -1.02. The van der Waals surface area contributed by atoms with Crippen LogP contribution in [0, 0.1) is 0 Å². The number of carboxylic acid groups (broad SMARTS) is 1. The summed E-state index contributed by atoms with van der Waals surface area (Å²) in [5.74, 6) is -1.04. The van der Waals surface area contributed by atoms with Gasteiger partial charge < -0.3 is 10.0 Å². The molecule has 1 aliphatic rings.